The van der Waals surface area contributed by atoms with E-state index in [2.05, 4.69) is 5.16 Å². The zero-order valence-corrected chi connectivity index (χ0v) is 10.4. The van der Waals surface area contributed by atoms with Gasteiger partial charge in [-0.15, -0.1) is 0 Å². The van der Waals surface area contributed by atoms with Crippen LogP contribution in [0.2, 0.25) is 0 Å². The van der Waals surface area contributed by atoms with Crippen molar-refractivity contribution in [1.29, 1.82) is 0 Å². The average molecular weight is 271 g/mol. The molecule has 0 bridgehead atoms. The van der Waals surface area contributed by atoms with Crippen LogP contribution in [0.5, 0.6) is 0 Å². The highest BCUT2D eigenvalue weighted by atomic mass is 19.1. The molecule has 1 aliphatic rings. The zero-order valence-electron chi connectivity index (χ0n) is 10.4. The van der Waals surface area contributed by atoms with E-state index in [1.165, 1.54) is 0 Å². The van der Waals surface area contributed by atoms with Gasteiger partial charge in [-0.3, -0.25) is 0 Å². The molecule has 1 fully saturated rings. The van der Waals surface area contributed by atoms with Crippen molar-refractivity contribution in [2.75, 3.05) is 24.7 Å². The van der Waals surface area contributed by atoms with Crippen LogP contribution in [0.3, 0.4) is 0 Å². The summed E-state index contributed by atoms with van der Waals surface area (Å²) in [5.41, 5.74) is 5.22. The second-order valence-electron chi connectivity index (χ2n) is 4.39. The van der Waals surface area contributed by atoms with Gasteiger partial charge in [-0.1, -0.05) is 5.16 Å². The number of anilines is 1. The van der Waals surface area contributed by atoms with Gasteiger partial charge in [-0.25, -0.2) is 8.78 Å². The number of amidine groups is 1. The Kier molecular flexibility index (Phi) is 3.84. The molecule has 0 aromatic heterocycles. The van der Waals surface area contributed by atoms with Crippen LogP contribution >= 0.6 is 0 Å². The molecule has 1 saturated heterocycles. The summed E-state index contributed by atoms with van der Waals surface area (Å²) in [5, 5.41) is 11.2. The van der Waals surface area contributed by atoms with Gasteiger partial charge in [-0.05, 0) is 19.1 Å². The SMILES string of the molecule is CC1COCCN1c1c(F)cc(C(N)=NO)cc1F. The fourth-order valence-corrected chi connectivity index (χ4v) is 2.10. The van der Waals surface area contributed by atoms with Crippen molar-refractivity contribution in [3.05, 3.63) is 29.3 Å². The molecule has 7 heteroatoms. The van der Waals surface area contributed by atoms with Crippen LogP contribution in [0.25, 0.3) is 0 Å². The Morgan fingerprint density at radius 1 is 1.47 bits per heavy atom. The number of oxime groups is 1. The van der Waals surface area contributed by atoms with E-state index in [1.807, 2.05) is 6.92 Å². The van der Waals surface area contributed by atoms with Crippen molar-refractivity contribution in [2.45, 2.75) is 13.0 Å². The van der Waals surface area contributed by atoms with Gasteiger partial charge in [0.2, 0.25) is 0 Å². The fourth-order valence-electron chi connectivity index (χ4n) is 2.10. The van der Waals surface area contributed by atoms with Crippen LogP contribution in [-0.2, 0) is 4.74 Å². The first-order valence-electron chi connectivity index (χ1n) is 5.86. The summed E-state index contributed by atoms with van der Waals surface area (Å²) < 4.78 is 33.3. The van der Waals surface area contributed by atoms with Crippen LogP contribution in [-0.4, -0.2) is 36.8 Å². The van der Waals surface area contributed by atoms with Gasteiger partial charge in [0.15, 0.2) is 5.84 Å². The van der Waals surface area contributed by atoms with Crippen molar-refractivity contribution < 1.29 is 18.7 Å². The third kappa shape index (κ3) is 2.60. The van der Waals surface area contributed by atoms with Crippen LogP contribution in [0.1, 0.15) is 12.5 Å². The molecule has 104 valence electrons. The van der Waals surface area contributed by atoms with E-state index >= 15 is 0 Å². The molecule has 1 aromatic carbocycles. The zero-order chi connectivity index (χ0) is 14.0. The minimum atomic E-state index is -0.740. The quantitative estimate of drug-likeness (QED) is 0.368. The molecule has 1 heterocycles. The van der Waals surface area contributed by atoms with Crippen LogP contribution in [0.15, 0.2) is 17.3 Å². The van der Waals surface area contributed by atoms with Gasteiger partial charge < -0.3 is 20.6 Å². The van der Waals surface area contributed by atoms with Crippen molar-refractivity contribution in [2.24, 2.45) is 10.9 Å². The average Bonchev–Trinajstić information content (AvgIpc) is 2.39. The maximum Gasteiger partial charge on any atom is 0.170 e. The summed E-state index contributed by atoms with van der Waals surface area (Å²) in [5.74, 6) is -1.81. The highest BCUT2D eigenvalue weighted by Gasteiger charge is 2.25. The van der Waals surface area contributed by atoms with Gasteiger partial charge in [0, 0.05) is 18.2 Å². The number of morpholine rings is 1. The van der Waals surface area contributed by atoms with Crippen molar-refractivity contribution in [3.63, 3.8) is 0 Å². The lowest BCUT2D eigenvalue weighted by Crippen LogP contribution is -2.44. The lowest BCUT2D eigenvalue weighted by molar-refractivity contribution is 0.0982. The Hall–Kier alpha value is -1.89. The normalized spacial score (nSPS) is 20.7. The number of rotatable bonds is 2. The Bertz CT molecular complexity index is 485. The molecule has 1 aromatic rings. The molecular formula is C12H15F2N3O2. The van der Waals surface area contributed by atoms with Crippen molar-refractivity contribution in [1.82, 2.24) is 0 Å². The highest BCUT2D eigenvalue weighted by molar-refractivity contribution is 5.97. The predicted molar refractivity (Wildman–Crippen MR) is 66.5 cm³/mol. The molecule has 2 rings (SSSR count). The van der Waals surface area contributed by atoms with E-state index in [9.17, 15) is 8.78 Å². The topological polar surface area (TPSA) is 71.1 Å². The van der Waals surface area contributed by atoms with Gasteiger partial charge in [0.05, 0.1) is 13.2 Å². The third-order valence-electron chi connectivity index (χ3n) is 3.08. The molecule has 1 atom stereocenters. The molecule has 0 radical (unpaired) electrons. The molecule has 0 aliphatic carbocycles. The summed E-state index contributed by atoms with van der Waals surface area (Å²) in [4.78, 5) is 1.62. The van der Waals surface area contributed by atoms with Gasteiger partial charge >= 0.3 is 0 Å². The molecule has 1 unspecified atom stereocenters. The van der Waals surface area contributed by atoms with Crippen LogP contribution < -0.4 is 10.6 Å². The molecule has 5 nitrogen and oxygen atoms in total. The number of ether oxygens (including phenoxy) is 1. The maximum absolute atomic E-state index is 14.1. The molecule has 0 saturated carbocycles. The van der Waals surface area contributed by atoms with E-state index < -0.39 is 11.6 Å². The van der Waals surface area contributed by atoms with Crippen LogP contribution in [0, 0.1) is 11.6 Å². The predicted octanol–water partition coefficient (Wildman–Crippen LogP) is 1.28. The number of halogens is 2. The summed E-state index contributed by atoms with van der Waals surface area (Å²) >= 11 is 0. The molecule has 1 aliphatic heterocycles. The third-order valence-corrected chi connectivity index (χ3v) is 3.08. The van der Waals surface area contributed by atoms with Crippen molar-refractivity contribution >= 4 is 11.5 Å². The number of hydrogen-bond acceptors (Lipinski definition) is 4. The minimum absolute atomic E-state index is 0.00200. The fraction of sp³-hybridized carbons (Fsp3) is 0.417. The van der Waals surface area contributed by atoms with E-state index in [4.69, 9.17) is 15.7 Å². The molecule has 0 amide bonds. The first-order valence-corrected chi connectivity index (χ1v) is 5.86. The smallest absolute Gasteiger partial charge is 0.170 e. The number of nitrogens with zero attached hydrogens (tertiary/aromatic N) is 2. The second-order valence-corrected chi connectivity index (χ2v) is 4.39. The molecular weight excluding hydrogens is 256 g/mol. The van der Waals surface area contributed by atoms with E-state index in [1.54, 1.807) is 4.90 Å². The highest BCUT2D eigenvalue weighted by Crippen LogP contribution is 2.27. The summed E-state index contributed by atoms with van der Waals surface area (Å²) in [6.07, 6.45) is 0. The monoisotopic (exact) mass is 271 g/mol. The maximum atomic E-state index is 14.1. The Balaban J connectivity index is 2.41. The first kappa shape index (κ1) is 13.5. The first-order chi connectivity index (χ1) is 9.04. The number of benzene rings is 1. The lowest BCUT2D eigenvalue weighted by Gasteiger charge is -2.35. The van der Waals surface area contributed by atoms with E-state index in [0.29, 0.717) is 19.8 Å². The second kappa shape index (κ2) is 5.40. The number of nitrogens with two attached hydrogens (primary N) is 1. The molecule has 3 N–H and O–H groups in total. The number of hydrogen-bond donors (Lipinski definition) is 2. The van der Waals surface area contributed by atoms with E-state index in [0.717, 1.165) is 12.1 Å². The van der Waals surface area contributed by atoms with Gasteiger partial charge in [0.25, 0.3) is 0 Å². The standard InChI is InChI=1S/C12H15F2N3O2/c1-7-6-19-3-2-17(7)11-9(13)4-8(5-10(11)14)12(15)16-18/h4-5,7,18H,2-3,6H2,1H3,(H2,15,16). The Labute approximate surface area is 109 Å². The molecule has 0 spiro atoms. The lowest BCUT2D eigenvalue weighted by atomic mass is 10.1. The van der Waals surface area contributed by atoms with Gasteiger partial charge in [0.1, 0.15) is 17.3 Å². The Morgan fingerprint density at radius 2 is 2.11 bits per heavy atom. The molecule has 19 heavy (non-hydrogen) atoms. The summed E-state index contributed by atoms with van der Waals surface area (Å²) in [6, 6.07) is 1.98. The Morgan fingerprint density at radius 3 is 2.63 bits per heavy atom. The largest absolute Gasteiger partial charge is 0.409 e. The van der Waals surface area contributed by atoms with Crippen LogP contribution in [0.4, 0.5) is 14.5 Å². The van der Waals surface area contributed by atoms with E-state index in [-0.39, 0.29) is 23.1 Å². The van der Waals surface area contributed by atoms with Crippen molar-refractivity contribution in [3.8, 4) is 0 Å². The van der Waals surface area contributed by atoms with Gasteiger partial charge in [-0.2, -0.15) is 0 Å². The summed E-state index contributed by atoms with van der Waals surface area (Å²) in [7, 11) is 0. The minimum Gasteiger partial charge on any atom is -0.409 e. The summed E-state index contributed by atoms with van der Waals surface area (Å²) in [6.45, 7) is 3.08.